The van der Waals surface area contributed by atoms with Gasteiger partial charge in [-0.15, -0.1) is 0 Å². The highest BCUT2D eigenvalue weighted by atomic mass is 35.5. The fraction of sp³-hybridized carbons (Fsp3) is 0.125. The Morgan fingerprint density at radius 3 is 3.14 bits per heavy atom. The quantitative estimate of drug-likeness (QED) is 0.753. The number of halogens is 1. The number of aliphatic carboxylic acids is 1. The average Bonchev–Trinajstić information content (AvgIpc) is 2.57. The standard InChI is InChI=1S/C8H6ClN3O2/c9-8-5(3-7(13)14)4-10-6-1-2-11-12(6)8/h1-2,4H,3H2,(H,13,14). The van der Waals surface area contributed by atoms with Gasteiger partial charge in [0.2, 0.25) is 0 Å². The fourth-order valence-corrected chi connectivity index (χ4v) is 1.41. The topological polar surface area (TPSA) is 67.5 Å². The van der Waals surface area contributed by atoms with Crippen LogP contribution in [0.4, 0.5) is 0 Å². The van der Waals surface area contributed by atoms with E-state index in [1.54, 1.807) is 12.3 Å². The summed E-state index contributed by atoms with van der Waals surface area (Å²) in [5.41, 5.74) is 1.06. The fourth-order valence-electron chi connectivity index (χ4n) is 1.16. The number of carboxylic acids is 1. The Morgan fingerprint density at radius 1 is 1.64 bits per heavy atom. The molecule has 14 heavy (non-hydrogen) atoms. The van der Waals surface area contributed by atoms with Crippen LogP contribution in [-0.2, 0) is 11.2 Å². The number of carboxylic acid groups (broad SMARTS) is 1. The molecule has 72 valence electrons. The summed E-state index contributed by atoms with van der Waals surface area (Å²) < 4.78 is 1.40. The lowest BCUT2D eigenvalue weighted by molar-refractivity contribution is -0.136. The minimum absolute atomic E-state index is 0.151. The van der Waals surface area contributed by atoms with Crippen molar-refractivity contribution in [2.75, 3.05) is 0 Å². The summed E-state index contributed by atoms with van der Waals surface area (Å²) in [5.74, 6) is -0.944. The van der Waals surface area contributed by atoms with Crippen molar-refractivity contribution in [1.82, 2.24) is 14.6 Å². The Morgan fingerprint density at radius 2 is 2.43 bits per heavy atom. The number of aromatic nitrogens is 3. The van der Waals surface area contributed by atoms with Crippen molar-refractivity contribution in [2.45, 2.75) is 6.42 Å². The van der Waals surface area contributed by atoms with Gasteiger partial charge in [0.1, 0.15) is 5.15 Å². The van der Waals surface area contributed by atoms with Crippen molar-refractivity contribution in [3.8, 4) is 0 Å². The summed E-state index contributed by atoms with van der Waals surface area (Å²) in [6, 6.07) is 1.69. The predicted molar refractivity (Wildman–Crippen MR) is 49.3 cm³/mol. The molecule has 0 saturated heterocycles. The van der Waals surface area contributed by atoms with E-state index in [1.165, 1.54) is 10.7 Å². The molecule has 6 heteroatoms. The highest BCUT2D eigenvalue weighted by Crippen LogP contribution is 2.16. The van der Waals surface area contributed by atoms with Crippen LogP contribution in [0.5, 0.6) is 0 Å². The third-order valence-corrected chi connectivity index (χ3v) is 2.17. The molecule has 0 spiro atoms. The van der Waals surface area contributed by atoms with Crippen molar-refractivity contribution < 1.29 is 9.90 Å². The van der Waals surface area contributed by atoms with Gasteiger partial charge < -0.3 is 5.11 Å². The van der Waals surface area contributed by atoms with Crippen LogP contribution in [0.1, 0.15) is 5.56 Å². The van der Waals surface area contributed by atoms with E-state index in [0.29, 0.717) is 16.4 Å². The third kappa shape index (κ3) is 1.42. The Balaban J connectivity index is 2.56. The van der Waals surface area contributed by atoms with Crippen LogP contribution in [0.3, 0.4) is 0 Å². The van der Waals surface area contributed by atoms with Gasteiger partial charge in [0, 0.05) is 17.8 Å². The molecule has 0 radical (unpaired) electrons. The molecular weight excluding hydrogens is 206 g/mol. The van der Waals surface area contributed by atoms with Crippen LogP contribution < -0.4 is 0 Å². The number of rotatable bonds is 2. The predicted octanol–water partition coefficient (Wildman–Crippen LogP) is 1.01. The molecule has 0 unspecified atom stereocenters. The molecule has 0 bridgehead atoms. The summed E-state index contributed by atoms with van der Waals surface area (Å²) in [6.45, 7) is 0. The molecule has 0 aliphatic heterocycles. The lowest BCUT2D eigenvalue weighted by Crippen LogP contribution is -2.04. The van der Waals surface area contributed by atoms with Crippen molar-refractivity contribution in [2.24, 2.45) is 0 Å². The summed E-state index contributed by atoms with van der Waals surface area (Å²) in [6.07, 6.45) is 2.86. The van der Waals surface area contributed by atoms with Gasteiger partial charge in [0.25, 0.3) is 0 Å². The zero-order chi connectivity index (χ0) is 10.1. The smallest absolute Gasteiger partial charge is 0.307 e. The molecule has 2 aromatic heterocycles. The van der Waals surface area contributed by atoms with E-state index < -0.39 is 5.97 Å². The van der Waals surface area contributed by atoms with E-state index >= 15 is 0 Å². The van der Waals surface area contributed by atoms with E-state index in [-0.39, 0.29) is 6.42 Å². The van der Waals surface area contributed by atoms with Crippen molar-refractivity contribution >= 4 is 23.2 Å². The van der Waals surface area contributed by atoms with Crippen LogP contribution >= 0.6 is 11.6 Å². The van der Waals surface area contributed by atoms with Crippen LogP contribution in [0.2, 0.25) is 5.15 Å². The maximum Gasteiger partial charge on any atom is 0.307 e. The van der Waals surface area contributed by atoms with Crippen molar-refractivity contribution in [1.29, 1.82) is 0 Å². The zero-order valence-electron chi connectivity index (χ0n) is 7.01. The molecule has 2 rings (SSSR count). The first kappa shape index (κ1) is 8.96. The molecule has 0 aromatic carbocycles. The van der Waals surface area contributed by atoms with Gasteiger partial charge in [-0.2, -0.15) is 5.10 Å². The first-order chi connectivity index (χ1) is 6.68. The summed E-state index contributed by atoms with van der Waals surface area (Å²) in [5, 5.41) is 12.8. The zero-order valence-corrected chi connectivity index (χ0v) is 7.77. The van der Waals surface area contributed by atoms with E-state index in [0.717, 1.165) is 0 Å². The minimum Gasteiger partial charge on any atom is -0.481 e. The second-order valence-electron chi connectivity index (χ2n) is 2.75. The molecule has 0 atom stereocenters. The van der Waals surface area contributed by atoms with Crippen LogP contribution in [-0.4, -0.2) is 25.7 Å². The molecule has 0 saturated carbocycles. The molecular formula is C8H6ClN3O2. The first-order valence-electron chi connectivity index (χ1n) is 3.87. The molecule has 2 aromatic rings. The molecule has 2 heterocycles. The van der Waals surface area contributed by atoms with E-state index in [2.05, 4.69) is 10.1 Å². The summed E-state index contributed by atoms with van der Waals surface area (Å²) in [7, 11) is 0. The molecule has 5 nitrogen and oxygen atoms in total. The number of carbonyl (C=O) groups is 1. The van der Waals surface area contributed by atoms with Crippen molar-refractivity contribution in [3.63, 3.8) is 0 Å². The van der Waals surface area contributed by atoms with Gasteiger partial charge in [-0.3, -0.25) is 4.79 Å². The minimum atomic E-state index is -0.944. The van der Waals surface area contributed by atoms with E-state index in [4.69, 9.17) is 16.7 Å². The second kappa shape index (κ2) is 3.26. The molecule has 0 amide bonds. The summed E-state index contributed by atoms with van der Waals surface area (Å²) >= 11 is 5.92. The largest absolute Gasteiger partial charge is 0.481 e. The number of nitrogens with zero attached hydrogens (tertiary/aromatic N) is 3. The Labute approximate surface area is 83.9 Å². The average molecular weight is 212 g/mol. The normalized spacial score (nSPS) is 10.6. The number of hydrogen-bond acceptors (Lipinski definition) is 3. The number of fused-ring (bicyclic) bond motifs is 1. The molecule has 0 aliphatic rings. The third-order valence-electron chi connectivity index (χ3n) is 1.77. The van der Waals surface area contributed by atoms with E-state index in [1.807, 2.05) is 0 Å². The maximum atomic E-state index is 10.5. The summed E-state index contributed by atoms with van der Waals surface area (Å²) in [4.78, 5) is 14.5. The van der Waals surface area contributed by atoms with Crippen LogP contribution in [0.15, 0.2) is 18.5 Å². The van der Waals surface area contributed by atoms with Gasteiger partial charge in [-0.25, -0.2) is 9.50 Å². The van der Waals surface area contributed by atoms with E-state index in [9.17, 15) is 4.79 Å². The SMILES string of the molecule is O=C(O)Cc1cnc2ccnn2c1Cl. The highest BCUT2D eigenvalue weighted by molar-refractivity contribution is 6.30. The van der Waals surface area contributed by atoms with Gasteiger partial charge >= 0.3 is 5.97 Å². The second-order valence-corrected chi connectivity index (χ2v) is 3.10. The maximum absolute atomic E-state index is 10.5. The lowest BCUT2D eigenvalue weighted by atomic mass is 10.2. The van der Waals surface area contributed by atoms with Crippen LogP contribution in [0.25, 0.3) is 5.65 Å². The Hall–Kier alpha value is -1.62. The highest BCUT2D eigenvalue weighted by Gasteiger charge is 2.09. The lowest BCUT2D eigenvalue weighted by Gasteiger charge is -2.01. The Bertz CT molecular complexity index is 494. The van der Waals surface area contributed by atoms with Gasteiger partial charge in [-0.1, -0.05) is 11.6 Å². The van der Waals surface area contributed by atoms with Crippen LogP contribution in [0, 0.1) is 0 Å². The monoisotopic (exact) mass is 211 g/mol. The molecule has 0 aliphatic carbocycles. The number of hydrogen-bond donors (Lipinski definition) is 1. The van der Waals surface area contributed by atoms with Gasteiger partial charge in [0.05, 0.1) is 12.6 Å². The Kier molecular flexibility index (Phi) is 2.09. The van der Waals surface area contributed by atoms with Crippen molar-refractivity contribution in [3.05, 3.63) is 29.2 Å². The van der Waals surface area contributed by atoms with Gasteiger partial charge in [0.15, 0.2) is 5.65 Å². The molecule has 1 N–H and O–H groups in total. The molecule has 0 fully saturated rings. The first-order valence-corrected chi connectivity index (χ1v) is 4.25. The van der Waals surface area contributed by atoms with Gasteiger partial charge in [-0.05, 0) is 0 Å².